The molecule has 0 bridgehead atoms. The SMILES string of the molecule is C=CCC1=CC(OC)C(OC)C=C1. The van der Waals surface area contributed by atoms with Crippen molar-refractivity contribution < 1.29 is 9.47 Å². The van der Waals surface area contributed by atoms with Gasteiger partial charge in [-0.2, -0.15) is 0 Å². The molecule has 0 radical (unpaired) electrons. The van der Waals surface area contributed by atoms with Crippen molar-refractivity contribution >= 4 is 0 Å². The Kier molecular flexibility index (Phi) is 3.93. The van der Waals surface area contributed by atoms with Gasteiger partial charge in [0.2, 0.25) is 0 Å². The van der Waals surface area contributed by atoms with Gasteiger partial charge in [0.1, 0.15) is 12.2 Å². The summed E-state index contributed by atoms with van der Waals surface area (Å²) in [5.41, 5.74) is 1.23. The summed E-state index contributed by atoms with van der Waals surface area (Å²) < 4.78 is 10.5. The average Bonchev–Trinajstić information content (AvgIpc) is 2.18. The van der Waals surface area contributed by atoms with Gasteiger partial charge in [-0.15, -0.1) is 6.58 Å². The lowest BCUT2D eigenvalue weighted by molar-refractivity contribution is 0.0134. The lowest BCUT2D eigenvalue weighted by Gasteiger charge is -2.23. The molecule has 1 aliphatic carbocycles. The molecule has 0 aromatic rings. The zero-order valence-electron chi connectivity index (χ0n) is 8.19. The van der Waals surface area contributed by atoms with Crippen LogP contribution in [0.4, 0.5) is 0 Å². The highest BCUT2D eigenvalue weighted by atomic mass is 16.5. The summed E-state index contributed by atoms with van der Waals surface area (Å²) in [4.78, 5) is 0. The minimum absolute atomic E-state index is 0.0324. The fraction of sp³-hybridized carbons (Fsp3) is 0.455. The van der Waals surface area contributed by atoms with E-state index in [0.29, 0.717) is 0 Å². The Morgan fingerprint density at radius 3 is 2.62 bits per heavy atom. The fourth-order valence-corrected chi connectivity index (χ4v) is 1.41. The molecule has 0 amide bonds. The molecule has 2 nitrogen and oxygen atoms in total. The van der Waals surface area contributed by atoms with E-state index in [4.69, 9.17) is 9.47 Å². The zero-order chi connectivity index (χ0) is 9.68. The Balaban J connectivity index is 2.67. The third kappa shape index (κ3) is 2.54. The van der Waals surface area contributed by atoms with Crippen LogP contribution in [0.3, 0.4) is 0 Å². The van der Waals surface area contributed by atoms with E-state index in [9.17, 15) is 0 Å². The van der Waals surface area contributed by atoms with Crippen molar-refractivity contribution in [2.75, 3.05) is 14.2 Å². The highest BCUT2D eigenvalue weighted by Crippen LogP contribution is 2.18. The van der Waals surface area contributed by atoms with Crippen LogP contribution in [0, 0.1) is 0 Å². The van der Waals surface area contributed by atoms with E-state index in [1.165, 1.54) is 5.57 Å². The molecule has 0 saturated heterocycles. The van der Waals surface area contributed by atoms with E-state index in [-0.39, 0.29) is 12.2 Å². The Labute approximate surface area is 79.5 Å². The maximum atomic E-state index is 5.28. The molecule has 13 heavy (non-hydrogen) atoms. The van der Waals surface area contributed by atoms with Gasteiger partial charge in [-0.3, -0.25) is 0 Å². The second kappa shape index (κ2) is 5.00. The van der Waals surface area contributed by atoms with Crippen LogP contribution < -0.4 is 0 Å². The van der Waals surface area contributed by atoms with Crippen molar-refractivity contribution in [2.45, 2.75) is 18.6 Å². The van der Waals surface area contributed by atoms with Crippen molar-refractivity contribution in [1.29, 1.82) is 0 Å². The van der Waals surface area contributed by atoms with Crippen molar-refractivity contribution in [2.24, 2.45) is 0 Å². The quantitative estimate of drug-likeness (QED) is 0.617. The Morgan fingerprint density at radius 2 is 2.08 bits per heavy atom. The smallest absolute Gasteiger partial charge is 0.105 e. The molecule has 0 aliphatic heterocycles. The molecule has 2 atom stereocenters. The van der Waals surface area contributed by atoms with Crippen LogP contribution in [0.2, 0.25) is 0 Å². The van der Waals surface area contributed by atoms with Gasteiger partial charge >= 0.3 is 0 Å². The van der Waals surface area contributed by atoms with E-state index in [1.54, 1.807) is 14.2 Å². The van der Waals surface area contributed by atoms with Gasteiger partial charge in [-0.1, -0.05) is 18.2 Å². The van der Waals surface area contributed by atoms with Crippen molar-refractivity contribution in [3.05, 3.63) is 36.5 Å². The summed E-state index contributed by atoms with van der Waals surface area (Å²) in [6.07, 6.45) is 9.00. The number of methoxy groups -OCH3 is 2. The van der Waals surface area contributed by atoms with Gasteiger partial charge in [-0.25, -0.2) is 0 Å². The van der Waals surface area contributed by atoms with Crippen LogP contribution >= 0.6 is 0 Å². The second-order valence-electron chi connectivity index (χ2n) is 2.99. The zero-order valence-corrected chi connectivity index (χ0v) is 8.19. The Morgan fingerprint density at radius 1 is 1.38 bits per heavy atom. The minimum atomic E-state index is 0.0324. The summed E-state index contributed by atoms with van der Waals surface area (Å²) in [5, 5.41) is 0. The third-order valence-corrected chi connectivity index (χ3v) is 2.13. The second-order valence-corrected chi connectivity index (χ2v) is 2.99. The predicted molar refractivity (Wildman–Crippen MR) is 53.6 cm³/mol. The number of allylic oxidation sites excluding steroid dienone is 3. The third-order valence-electron chi connectivity index (χ3n) is 2.13. The maximum absolute atomic E-state index is 5.28. The molecule has 0 heterocycles. The van der Waals surface area contributed by atoms with Crippen LogP contribution in [0.15, 0.2) is 36.5 Å². The van der Waals surface area contributed by atoms with Crippen LogP contribution in [-0.2, 0) is 9.47 Å². The largest absolute Gasteiger partial charge is 0.374 e. The normalized spacial score (nSPS) is 27.1. The van der Waals surface area contributed by atoms with Crippen molar-refractivity contribution in [1.82, 2.24) is 0 Å². The van der Waals surface area contributed by atoms with E-state index >= 15 is 0 Å². The van der Waals surface area contributed by atoms with Crippen molar-refractivity contribution in [3.63, 3.8) is 0 Å². The molecule has 2 unspecified atom stereocenters. The standard InChI is InChI=1S/C11H16O2/c1-4-5-9-6-7-10(12-2)11(8-9)13-3/h4,6-8,10-11H,1,5H2,2-3H3. The van der Waals surface area contributed by atoms with Crippen LogP contribution in [0.25, 0.3) is 0 Å². The molecule has 0 saturated carbocycles. The molecule has 1 rings (SSSR count). The van der Waals surface area contributed by atoms with E-state index in [0.717, 1.165) is 6.42 Å². The number of hydrogen-bond acceptors (Lipinski definition) is 2. The fourth-order valence-electron chi connectivity index (χ4n) is 1.41. The topological polar surface area (TPSA) is 18.5 Å². The monoisotopic (exact) mass is 180 g/mol. The average molecular weight is 180 g/mol. The summed E-state index contributed by atoms with van der Waals surface area (Å²) in [7, 11) is 3.38. The summed E-state index contributed by atoms with van der Waals surface area (Å²) in [5.74, 6) is 0. The Bertz CT molecular complexity index is 228. The summed E-state index contributed by atoms with van der Waals surface area (Å²) >= 11 is 0. The van der Waals surface area contributed by atoms with Gasteiger partial charge in [0.05, 0.1) is 0 Å². The van der Waals surface area contributed by atoms with E-state index < -0.39 is 0 Å². The number of ether oxygens (including phenoxy) is 2. The predicted octanol–water partition coefficient (Wildman–Crippen LogP) is 2.09. The highest BCUT2D eigenvalue weighted by Gasteiger charge is 2.19. The molecule has 0 spiro atoms. The number of rotatable bonds is 4. The van der Waals surface area contributed by atoms with Gasteiger partial charge in [0.25, 0.3) is 0 Å². The van der Waals surface area contributed by atoms with E-state index in [2.05, 4.69) is 18.7 Å². The molecule has 72 valence electrons. The Hall–Kier alpha value is -0.860. The maximum Gasteiger partial charge on any atom is 0.105 e. The number of hydrogen-bond donors (Lipinski definition) is 0. The highest BCUT2D eigenvalue weighted by molar-refractivity contribution is 5.29. The molecule has 0 N–H and O–H groups in total. The first-order valence-corrected chi connectivity index (χ1v) is 4.37. The molecule has 0 aromatic heterocycles. The van der Waals surface area contributed by atoms with Gasteiger partial charge in [-0.05, 0) is 18.1 Å². The van der Waals surface area contributed by atoms with Crippen molar-refractivity contribution in [3.8, 4) is 0 Å². The lowest BCUT2D eigenvalue weighted by Crippen LogP contribution is -2.28. The van der Waals surface area contributed by atoms with Crippen LogP contribution in [0.1, 0.15) is 6.42 Å². The van der Waals surface area contributed by atoms with Crippen LogP contribution in [-0.4, -0.2) is 26.4 Å². The van der Waals surface area contributed by atoms with E-state index in [1.807, 2.05) is 12.2 Å². The molecular weight excluding hydrogens is 164 g/mol. The molecule has 2 heteroatoms. The summed E-state index contributed by atoms with van der Waals surface area (Å²) in [6, 6.07) is 0. The molecule has 0 fully saturated rings. The first-order chi connectivity index (χ1) is 6.31. The first-order valence-electron chi connectivity index (χ1n) is 4.37. The minimum Gasteiger partial charge on any atom is -0.374 e. The molecule has 1 aliphatic rings. The van der Waals surface area contributed by atoms with Gasteiger partial charge < -0.3 is 9.47 Å². The first kappa shape index (κ1) is 10.2. The molecular formula is C11H16O2. The lowest BCUT2D eigenvalue weighted by atomic mass is 10.00. The summed E-state index contributed by atoms with van der Waals surface area (Å²) in [6.45, 7) is 3.70. The van der Waals surface area contributed by atoms with Gasteiger partial charge in [0.15, 0.2) is 0 Å². The molecule has 0 aromatic carbocycles. The van der Waals surface area contributed by atoms with Crippen LogP contribution in [0.5, 0.6) is 0 Å². The van der Waals surface area contributed by atoms with Gasteiger partial charge in [0, 0.05) is 14.2 Å².